The zero-order chi connectivity index (χ0) is 21.2. The number of amides is 1. The zero-order valence-electron chi connectivity index (χ0n) is 16.8. The summed E-state index contributed by atoms with van der Waals surface area (Å²) in [4.78, 5) is 15.6. The van der Waals surface area contributed by atoms with Crippen LogP contribution in [0.2, 0.25) is 0 Å². The van der Waals surface area contributed by atoms with Crippen molar-refractivity contribution in [3.8, 4) is 0 Å². The molecule has 0 bridgehead atoms. The molecule has 6 nitrogen and oxygen atoms in total. The summed E-state index contributed by atoms with van der Waals surface area (Å²) in [5.41, 5.74) is 0.828. The van der Waals surface area contributed by atoms with Gasteiger partial charge in [-0.3, -0.25) is 9.69 Å². The first-order valence-corrected chi connectivity index (χ1v) is 11.8. The SMILES string of the molecule is Cc1ccc(S(=O)(=O)N2CCN(C(C)C(=O)NC(C)c3ccc(F)cc3)CC2)s1. The van der Waals surface area contributed by atoms with Crippen LogP contribution in [0.15, 0.2) is 40.6 Å². The number of thiophene rings is 1. The highest BCUT2D eigenvalue weighted by atomic mass is 32.2. The molecule has 2 aromatic rings. The van der Waals surface area contributed by atoms with Crippen LogP contribution in [0.4, 0.5) is 4.39 Å². The van der Waals surface area contributed by atoms with E-state index in [0.717, 1.165) is 10.4 Å². The molecule has 9 heteroatoms. The predicted molar refractivity (Wildman–Crippen MR) is 112 cm³/mol. The molecule has 1 aromatic heterocycles. The van der Waals surface area contributed by atoms with Gasteiger partial charge < -0.3 is 5.32 Å². The van der Waals surface area contributed by atoms with Gasteiger partial charge in [-0.05, 0) is 50.6 Å². The van der Waals surface area contributed by atoms with E-state index < -0.39 is 10.0 Å². The van der Waals surface area contributed by atoms with E-state index in [0.29, 0.717) is 30.4 Å². The molecule has 1 aliphatic rings. The van der Waals surface area contributed by atoms with Crippen LogP contribution < -0.4 is 5.32 Å². The van der Waals surface area contributed by atoms with Crippen molar-refractivity contribution in [3.05, 3.63) is 52.7 Å². The molecule has 1 amide bonds. The molecule has 2 unspecified atom stereocenters. The predicted octanol–water partition coefficient (Wildman–Crippen LogP) is 2.77. The fraction of sp³-hybridized carbons (Fsp3) is 0.450. The Morgan fingerprint density at radius 3 is 2.24 bits per heavy atom. The van der Waals surface area contributed by atoms with E-state index in [-0.39, 0.29) is 23.8 Å². The Morgan fingerprint density at radius 2 is 1.69 bits per heavy atom. The monoisotopic (exact) mass is 439 g/mol. The number of benzene rings is 1. The van der Waals surface area contributed by atoms with E-state index in [1.54, 1.807) is 18.2 Å². The van der Waals surface area contributed by atoms with Gasteiger partial charge in [0.15, 0.2) is 0 Å². The summed E-state index contributed by atoms with van der Waals surface area (Å²) in [7, 11) is -3.48. The highest BCUT2D eigenvalue weighted by molar-refractivity contribution is 7.91. The molecule has 29 heavy (non-hydrogen) atoms. The number of sulfonamides is 1. The highest BCUT2D eigenvalue weighted by Crippen LogP contribution is 2.25. The number of nitrogens with zero attached hydrogens (tertiary/aromatic N) is 2. The average molecular weight is 440 g/mol. The molecule has 1 aromatic carbocycles. The number of hydrogen-bond donors (Lipinski definition) is 1. The maximum atomic E-state index is 13.1. The van der Waals surface area contributed by atoms with Gasteiger partial charge in [-0.1, -0.05) is 12.1 Å². The minimum absolute atomic E-state index is 0.132. The number of aryl methyl sites for hydroxylation is 1. The Hall–Kier alpha value is -1.81. The van der Waals surface area contributed by atoms with Crippen LogP contribution in [0.25, 0.3) is 0 Å². The van der Waals surface area contributed by atoms with Crippen LogP contribution in [-0.4, -0.2) is 55.8 Å². The van der Waals surface area contributed by atoms with Gasteiger partial charge in [-0.2, -0.15) is 4.31 Å². The number of hydrogen-bond acceptors (Lipinski definition) is 5. The van der Waals surface area contributed by atoms with Gasteiger partial charge in [0.05, 0.1) is 12.1 Å². The smallest absolute Gasteiger partial charge is 0.252 e. The lowest BCUT2D eigenvalue weighted by Crippen LogP contribution is -2.55. The molecular weight excluding hydrogens is 413 g/mol. The molecule has 2 atom stereocenters. The minimum atomic E-state index is -3.48. The molecule has 1 N–H and O–H groups in total. The van der Waals surface area contributed by atoms with Crippen molar-refractivity contribution in [2.45, 2.75) is 37.1 Å². The molecule has 0 radical (unpaired) electrons. The van der Waals surface area contributed by atoms with Crippen molar-refractivity contribution < 1.29 is 17.6 Å². The molecule has 0 saturated carbocycles. The van der Waals surface area contributed by atoms with E-state index in [2.05, 4.69) is 5.32 Å². The first-order chi connectivity index (χ1) is 13.7. The molecule has 1 fully saturated rings. The second-order valence-corrected chi connectivity index (χ2v) is 10.7. The third kappa shape index (κ3) is 5.03. The van der Waals surface area contributed by atoms with Crippen molar-refractivity contribution >= 4 is 27.3 Å². The van der Waals surface area contributed by atoms with Crippen molar-refractivity contribution in [1.29, 1.82) is 0 Å². The van der Waals surface area contributed by atoms with Crippen LogP contribution in [0.5, 0.6) is 0 Å². The van der Waals surface area contributed by atoms with Crippen molar-refractivity contribution in [3.63, 3.8) is 0 Å². The summed E-state index contributed by atoms with van der Waals surface area (Å²) in [6, 6.07) is 8.88. The number of halogens is 1. The van der Waals surface area contributed by atoms with E-state index in [1.807, 2.05) is 31.7 Å². The van der Waals surface area contributed by atoms with Gasteiger partial charge in [0.25, 0.3) is 10.0 Å². The van der Waals surface area contributed by atoms with Crippen LogP contribution in [-0.2, 0) is 14.8 Å². The van der Waals surface area contributed by atoms with Crippen molar-refractivity contribution in [2.75, 3.05) is 26.2 Å². The number of piperazine rings is 1. The number of nitrogens with one attached hydrogen (secondary N) is 1. The lowest BCUT2D eigenvalue weighted by molar-refractivity contribution is -0.127. The van der Waals surface area contributed by atoms with E-state index in [4.69, 9.17) is 0 Å². The van der Waals surface area contributed by atoms with Crippen LogP contribution in [0.1, 0.15) is 30.3 Å². The van der Waals surface area contributed by atoms with Crippen LogP contribution in [0.3, 0.4) is 0 Å². The Labute approximate surface area is 175 Å². The standard InChI is InChI=1S/C20H26FN3O3S2/c1-14-4-9-19(28-14)29(26,27)24-12-10-23(11-13-24)16(3)20(25)22-15(2)17-5-7-18(21)8-6-17/h4-9,15-16H,10-13H2,1-3H3,(H,22,25). The third-order valence-electron chi connectivity index (χ3n) is 5.24. The Kier molecular flexibility index (Phi) is 6.72. The van der Waals surface area contributed by atoms with Gasteiger partial charge in [0, 0.05) is 31.1 Å². The van der Waals surface area contributed by atoms with Gasteiger partial charge in [0.1, 0.15) is 10.0 Å². The normalized spacial score (nSPS) is 18.3. The topological polar surface area (TPSA) is 69.7 Å². The molecule has 0 spiro atoms. The fourth-order valence-corrected chi connectivity index (χ4v) is 6.20. The molecule has 3 rings (SSSR count). The second kappa shape index (κ2) is 8.91. The fourth-order valence-electron chi connectivity index (χ4n) is 3.34. The van der Waals surface area contributed by atoms with E-state index in [9.17, 15) is 17.6 Å². The van der Waals surface area contributed by atoms with Crippen LogP contribution >= 0.6 is 11.3 Å². The molecule has 1 saturated heterocycles. The zero-order valence-corrected chi connectivity index (χ0v) is 18.4. The van der Waals surface area contributed by atoms with Crippen molar-refractivity contribution in [1.82, 2.24) is 14.5 Å². The summed E-state index contributed by atoms with van der Waals surface area (Å²) < 4.78 is 40.4. The second-order valence-electron chi connectivity index (χ2n) is 7.26. The first kappa shape index (κ1) is 21.9. The summed E-state index contributed by atoms with van der Waals surface area (Å²) in [5, 5.41) is 2.95. The summed E-state index contributed by atoms with van der Waals surface area (Å²) >= 11 is 1.28. The molecular formula is C20H26FN3O3S2. The molecule has 158 valence electrons. The first-order valence-electron chi connectivity index (χ1n) is 9.55. The highest BCUT2D eigenvalue weighted by Gasteiger charge is 2.32. The largest absolute Gasteiger partial charge is 0.348 e. The quantitative estimate of drug-likeness (QED) is 0.752. The molecule has 2 heterocycles. The van der Waals surface area contributed by atoms with E-state index >= 15 is 0 Å². The number of carbonyl (C=O) groups is 1. The average Bonchev–Trinajstić information content (AvgIpc) is 3.15. The summed E-state index contributed by atoms with van der Waals surface area (Å²) in [6.45, 7) is 7.24. The summed E-state index contributed by atoms with van der Waals surface area (Å²) in [6.07, 6.45) is 0. The van der Waals surface area contributed by atoms with Crippen molar-refractivity contribution in [2.24, 2.45) is 0 Å². The van der Waals surface area contributed by atoms with Gasteiger partial charge >= 0.3 is 0 Å². The maximum absolute atomic E-state index is 13.1. The lowest BCUT2D eigenvalue weighted by Gasteiger charge is -2.36. The lowest BCUT2D eigenvalue weighted by atomic mass is 10.1. The Balaban J connectivity index is 1.56. The summed E-state index contributed by atoms with van der Waals surface area (Å²) in [5.74, 6) is -0.446. The third-order valence-corrected chi connectivity index (χ3v) is 8.61. The van der Waals surface area contributed by atoms with Crippen LogP contribution in [0, 0.1) is 12.7 Å². The minimum Gasteiger partial charge on any atom is -0.348 e. The van der Waals surface area contributed by atoms with Gasteiger partial charge in [-0.15, -0.1) is 11.3 Å². The Morgan fingerprint density at radius 1 is 1.07 bits per heavy atom. The van der Waals surface area contributed by atoms with Gasteiger partial charge in [0.2, 0.25) is 5.91 Å². The number of rotatable bonds is 6. The molecule has 1 aliphatic heterocycles. The maximum Gasteiger partial charge on any atom is 0.252 e. The van der Waals surface area contributed by atoms with E-state index in [1.165, 1.54) is 27.8 Å². The molecule has 0 aliphatic carbocycles. The Bertz CT molecular complexity index is 952. The van der Waals surface area contributed by atoms with Gasteiger partial charge in [-0.25, -0.2) is 12.8 Å². The number of carbonyl (C=O) groups excluding carboxylic acids is 1.